The molecule has 2 amide bonds. The standard InChI is InChI=1S/C10H17N3O3/c11-7-3-5-12(6-7)10(16)13-4-1-2-8(13)9(14)15/h7-8H,1-6,11H2,(H,14,15)/t7?,8-/m1/s1. The molecule has 16 heavy (non-hydrogen) atoms. The van der Waals surface area contributed by atoms with E-state index in [0.29, 0.717) is 26.1 Å². The Morgan fingerprint density at radius 1 is 1.25 bits per heavy atom. The molecule has 0 aliphatic carbocycles. The molecule has 6 heteroatoms. The van der Waals surface area contributed by atoms with Gasteiger partial charge in [0.15, 0.2) is 0 Å². The van der Waals surface area contributed by atoms with Crippen molar-refractivity contribution < 1.29 is 14.7 Å². The van der Waals surface area contributed by atoms with E-state index >= 15 is 0 Å². The summed E-state index contributed by atoms with van der Waals surface area (Å²) >= 11 is 0. The van der Waals surface area contributed by atoms with Crippen LogP contribution in [0.2, 0.25) is 0 Å². The molecule has 2 rings (SSSR count). The van der Waals surface area contributed by atoms with Crippen LogP contribution in [-0.2, 0) is 4.79 Å². The van der Waals surface area contributed by atoms with Crippen LogP contribution in [0.25, 0.3) is 0 Å². The Labute approximate surface area is 94.0 Å². The van der Waals surface area contributed by atoms with Crippen molar-refractivity contribution in [3.05, 3.63) is 0 Å². The first-order valence-electron chi connectivity index (χ1n) is 5.63. The van der Waals surface area contributed by atoms with Crippen molar-refractivity contribution in [2.24, 2.45) is 5.73 Å². The van der Waals surface area contributed by atoms with Crippen molar-refractivity contribution in [2.75, 3.05) is 19.6 Å². The number of urea groups is 1. The van der Waals surface area contributed by atoms with Crippen molar-refractivity contribution in [1.29, 1.82) is 0 Å². The number of carbonyl (C=O) groups excluding carboxylic acids is 1. The van der Waals surface area contributed by atoms with E-state index in [1.165, 1.54) is 4.90 Å². The molecule has 2 heterocycles. The van der Waals surface area contributed by atoms with Gasteiger partial charge in [0.05, 0.1) is 0 Å². The van der Waals surface area contributed by atoms with Crippen LogP contribution < -0.4 is 5.73 Å². The van der Waals surface area contributed by atoms with Crippen molar-refractivity contribution in [3.8, 4) is 0 Å². The van der Waals surface area contributed by atoms with Gasteiger partial charge in [-0.3, -0.25) is 0 Å². The van der Waals surface area contributed by atoms with Gasteiger partial charge in [0.2, 0.25) is 0 Å². The molecule has 2 aliphatic rings. The third kappa shape index (κ3) is 1.97. The highest BCUT2D eigenvalue weighted by atomic mass is 16.4. The number of rotatable bonds is 1. The van der Waals surface area contributed by atoms with Crippen molar-refractivity contribution in [3.63, 3.8) is 0 Å². The summed E-state index contributed by atoms with van der Waals surface area (Å²) in [4.78, 5) is 26.1. The van der Waals surface area contributed by atoms with Crippen LogP contribution >= 0.6 is 0 Å². The monoisotopic (exact) mass is 227 g/mol. The van der Waals surface area contributed by atoms with E-state index < -0.39 is 12.0 Å². The minimum absolute atomic E-state index is 0.0369. The van der Waals surface area contributed by atoms with E-state index in [9.17, 15) is 9.59 Å². The molecule has 0 aromatic carbocycles. The topological polar surface area (TPSA) is 86.9 Å². The maximum Gasteiger partial charge on any atom is 0.326 e. The molecule has 2 aliphatic heterocycles. The van der Waals surface area contributed by atoms with Gasteiger partial charge in [0, 0.05) is 25.7 Å². The van der Waals surface area contributed by atoms with Crippen molar-refractivity contribution in [2.45, 2.75) is 31.3 Å². The van der Waals surface area contributed by atoms with Crippen LogP contribution in [0.1, 0.15) is 19.3 Å². The lowest BCUT2D eigenvalue weighted by molar-refractivity contribution is -0.141. The zero-order chi connectivity index (χ0) is 11.7. The van der Waals surface area contributed by atoms with E-state index in [1.807, 2.05) is 0 Å². The summed E-state index contributed by atoms with van der Waals surface area (Å²) in [6.07, 6.45) is 2.13. The quantitative estimate of drug-likeness (QED) is 0.643. The Morgan fingerprint density at radius 2 is 2.00 bits per heavy atom. The number of nitrogens with zero attached hydrogens (tertiary/aromatic N) is 2. The summed E-state index contributed by atoms with van der Waals surface area (Å²) < 4.78 is 0. The number of amides is 2. The van der Waals surface area contributed by atoms with Gasteiger partial charge in [-0.15, -0.1) is 0 Å². The van der Waals surface area contributed by atoms with Crippen molar-refractivity contribution >= 4 is 12.0 Å². The second-order valence-electron chi connectivity index (χ2n) is 4.47. The van der Waals surface area contributed by atoms with E-state index in [1.54, 1.807) is 4.90 Å². The number of carboxylic acids is 1. The number of likely N-dealkylation sites (tertiary alicyclic amines) is 2. The highest BCUT2D eigenvalue weighted by Gasteiger charge is 2.37. The summed E-state index contributed by atoms with van der Waals surface area (Å²) in [5, 5.41) is 8.99. The number of nitrogens with two attached hydrogens (primary N) is 1. The Bertz CT molecular complexity index is 308. The normalized spacial score (nSPS) is 29.8. The predicted molar refractivity (Wildman–Crippen MR) is 56.9 cm³/mol. The maximum absolute atomic E-state index is 12.0. The first-order chi connectivity index (χ1) is 7.59. The Kier molecular flexibility index (Phi) is 3.00. The molecule has 90 valence electrons. The lowest BCUT2D eigenvalue weighted by Gasteiger charge is -2.27. The van der Waals surface area contributed by atoms with Gasteiger partial charge in [-0.2, -0.15) is 0 Å². The van der Waals surface area contributed by atoms with Crippen LogP contribution in [0, 0.1) is 0 Å². The lowest BCUT2D eigenvalue weighted by atomic mass is 10.2. The largest absolute Gasteiger partial charge is 0.480 e. The van der Waals surface area contributed by atoms with Crippen LogP contribution in [0.15, 0.2) is 0 Å². The van der Waals surface area contributed by atoms with Gasteiger partial charge in [-0.25, -0.2) is 9.59 Å². The van der Waals surface area contributed by atoms with Gasteiger partial charge in [0.25, 0.3) is 0 Å². The average Bonchev–Trinajstić information content (AvgIpc) is 2.84. The van der Waals surface area contributed by atoms with Gasteiger partial charge in [-0.1, -0.05) is 0 Å². The van der Waals surface area contributed by atoms with E-state index in [-0.39, 0.29) is 12.1 Å². The number of hydrogen-bond donors (Lipinski definition) is 2. The van der Waals surface area contributed by atoms with Crippen LogP contribution in [-0.4, -0.2) is 58.6 Å². The Morgan fingerprint density at radius 3 is 2.56 bits per heavy atom. The predicted octanol–water partition coefficient (Wildman–Crippen LogP) is -0.312. The molecule has 3 N–H and O–H groups in total. The number of aliphatic carboxylic acids is 1. The van der Waals surface area contributed by atoms with Gasteiger partial charge in [0.1, 0.15) is 6.04 Å². The fourth-order valence-corrected chi connectivity index (χ4v) is 2.40. The summed E-state index contributed by atoms with van der Waals surface area (Å²) in [7, 11) is 0. The second-order valence-corrected chi connectivity index (χ2v) is 4.47. The van der Waals surface area contributed by atoms with E-state index in [0.717, 1.165) is 12.8 Å². The smallest absolute Gasteiger partial charge is 0.326 e. The zero-order valence-corrected chi connectivity index (χ0v) is 9.13. The molecule has 0 aromatic rings. The summed E-state index contributed by atoms with van der Waals surface area (Å²) in [5.74, 6) is -0.908. The molecule has 6 nitrogen and oxygen atoms in total. The molecule has 0 spiro atoms. The van der Waals surface area contributed by atoms with Crippen LogP contribution in [0.4, 0.5) is 4.79 Å². The first kappa shape index (κ1) is 11.2. The molecular formula is C10H17N3O3. The number of carbonyl (C=O) groups is 2. The summed E-state index contributed by atoms with van der Waals surface area (Å²) in [5.41, 5.74) is 5.73. The molecular weight excluding hydrogens is 210 g/mol. The molecule has 0 bridgehead atoms. The highest BCUT2D eigenvalue weighted by molar-refractivity contribution is 5.83. The van der Waals surface area contributed by atoms with Gasteiger partial charge >= 0.3 is 12.0 Å². The van der Waals surface area contributed by atoms with E-state index in [2.05, 4.69) is 0 Å². The molecule has 1 unspecified atom stereocenters. The first-order valence-corrected chi connectivity index (χ1v) is 5.63. The molecule has 2 atom stereocenters. The second kappa shape index (κ2) is 4.29. The fourth-order valence-electron chi connectivity index (χ4n) is 2.40. The minimum atomic E-state index is -0.908. The highest BCUT2D eigenvalue weighted by Crippen LogP contribution is 2.21. The van der Waals surface area contributed by atoms with Crippen LogP contribution in [0.5, 0.6) is 0 Å². The average molecular weight is 227 g/mol. The summed E-state index contributed by atoms with van der Waals surface area (Å²) in [6.45, 7) is 1.73. The Hall–Kier alpha value is -1.30. The lowest BCUT2D eigenvalue weighted by Crippen LogP contribution is -2.47. The summed E-state index contributed by atoms with van der Waals surface area (Å²) in [6, 6.07) is -0.781. The van der Waals surface area contributed by atoms with Crippen LogP contribution in [0.3, 0.4) is 0 Å². The molecule has 2 fully saturated rings. The maximum atomic E-state index is 12.0. The molecule has 0 saturated carbocycles. The van der Waals surface area contributed by atoms with Gasteiger partial charge < -0.3 is 20.6 Å². The third-order valence-corrected chi connectivity index (χ3v) is 3.28. The van der Waals surface area contributed by atoms with Gasteiger partial charge in [-0.05, 0) is 19.3 Å². The SMILES string of the molecule is NC1CCN(C(=O)N2CCC[C@@H]2C(=O)O)C1. The number of carboxylic acid groups (broad SMARTS) is 1. The van der Waals surface area contributed by atoms with Crippen molar-refractivity contribution in [1.82, 2.24) is 9.80 Å². The third-order valence-electron chi connectivity index (χ3n) is 3.28. The fraction of sp³-hybridized carbons (Fsp3) is 0.800. The number of hydrogen-bond acceptors (Lipinski definition) is 3. The molecule has 0 radical (unpaired) electrons. The Balaban J connectivity index is 2.01. The minimum Gasteiger partial charge on any atom is -0.480 e. The zero-order valence-electron chi connectivity index (χ0n) is 9.13. The van der Waals surface area contributed by atoms with E-state index in [4.69, 9.17) is 10.8 Å². The molecule has 2 saturated heterocycles. The molecule has 0 aromatic heterocycles.